The Kier molecular flexibility index (Phi) is 5.60. The molecule has 0 saturated heterocycles. The normalized spacial score (nSPS) is 12.0. The van der Waals surface area contributed by atoms with Crippen molar-refractivity contribution >= 4 is 17.3 Å². The smallest absolute Gasteiger partial charge is 0.397 e. The fourth-order valence-electron chi connectivity index (χ4n) is 1.98. The molecule has 0 atom stereocenters. The predicted octanol–water partition coefficient (Wildman–Crippen LogP) is 2.81. The minimum Gasteiger partial charge on any atom is -0.397 e. The molecule has 0 aliphatic heterocycles. The van der Waals surface area contributed by atoms with Gasteiger partial charge in [-0.1, -0.05) is 13.8 Å². The second-order valence-corrected chi connectivity index (χ2v) is 5.44. The molecule has 21 heavy (non-hydrogen) atoms. The summed E-state index contributed by atoms with van der Waals surface area (Å²) in [6.07, 6.45) is -4.45. The third-order valence-electron chi connectivity index (χ3n) is 2.74. The van der Waals surface area contributed by atoms with Crippen LogP contribution in [0.3, 0.4) is 0 Å². The molecule has 1 aromatic carbocycles. The molecule has 0 aliphatic carbocycles. The number of carbonyl (C=O) groups excluding carboxylic acids is 1. The molecule has 0 aliphatic rings. The Morgan fingerprint density at radius 3 is 2.48 bits per heavy atom. The van der Waals surface area contributed by atoms with E-state index in [2.05, 4.69) is 5.32 Å². The minimum atomic E-state index is -4.45. The van der Waals surface area contributed by atoms with Crippen LogP contribution in [0, 0.1) is 5.92 Å². The Labute approximate surface area is 122 Å². The molecule has 0 aromatic heterocycles. The maximum Gasteiger partial charge on any atom is 0.416 e. The summed E-state index contributed by atoms with van der Waals surface area (Å²) in [7, 11) is 1.80. The molecular formula is C14H20F3N3O. The van der Waals surface area contributed by atoms with Crippen LogP contribution in [0.2, 0.25) is 0 Å². The van der Waals surface area contributed by atoms with Gasteiger partial charge in [0.15, 0.2) is 0 Å². The Balaban J connectivity index is 2.69. The third-order valence-corrected chi connectivity index (χ3v) is 2.74. The maximum atomic E-state index is 12.5. The number of nitrogens with two attached hydrogens (primary N) is 1. The van der Waals surface area contributed by atoms with Gasteiger partial charge in [0.05, 0.1) is 23.5 Å². The molecule has 0 bridgehead atoms. The molecule has 3 N–H and O–H groups in total. The number of amides is 1. The number of nitrogens with zero attached hydrogens (tertiary/aromatic N) is 1. The topological polar surface area (TPSA) is 58.4 Å². The molecule has 1 amide bonds. The van der Waals surface area contributed by atoms with E-state index >= 15 is 0 Å². The van der Waals surface area contributed by atoms with Crippen molar-refractivity contribution in [2.24, 2.45) is 5.92 Å². The number of rotatable bonds is 5. The SMILES string of the molecule is CC(C)CN(C)CC(=O)Nc1ccc(C(F)(F)F)cc1N. The van der Waals surface area contributed by atoms with Crippen molar-refractivity contribution in [2.75, 3.05) is 31.2 Å². The fourth-order valence-corrected chi connectivity index (χ4v) is 1.98. The van der Waals surface area contributed by atoms with Gasteiger partial charge in [-0.25, -0.2) is 0 Å². The van der Waals surface area contributed by atoms with Crippen LogP contribution in [-0.2, 0) is 11.0 Å². The van der Waals surface area contributed by atoms with Gasteiger partial charge in [0, 0.05) is 6.54 Å². The Morgan fingerprint density at radius 2 is 2.00 bits per heavy atom. The average molecular weight is 303 g/mol. The van der Waals surface area contributed by atoms with E-state index < -0.39 is 11.7 Å². The number of alkyl halides is 3. The summed E-state index contributed by atoms with van der Waals surface area (Å²) in [4.78, 5) is 13.6. The monoisotopic (exact) mass is 303 g/mol. The highest BCUT2D eigenvalue weighted by molar-refractivity contribution is 5.95. The van der Waals surface area contributed by atoms with Crippen molar-refractivity contribution in [3.05, 3.63) is 23.8 Å². The summed E-state index contributed by atoms with van der Waals surface area (Å²) < 4.78 is 37.5. The molecule has 0 saturated carbocycles. The second kappa shape index (κ2) is 6.80. The van der Waals surface area contributed by atoms with Gasteiger partial charge in [-0.05, 0) is 31.2 Å². The third kappa shape index (κ3) is 5.63. The number of nitrogen functional groups attached to an aromatic ring is 1. The van der Waals surface area contributed by atoms with Crippen LogP contribution in [0.15, 0.2) is 18.2 Å². The van der Waals surface area contributed by atoms with Crippen molar-refractivity contribution in [1.29, 1.82) is 0 Å². The van der Waals surface area contributed by atoms with E-state index in [0.717, 1.165) is 18.7 Å². The van der Waals surface area contributed by atoms with E-state index in [1.54, 1.807) is 7.05 Å². The summed E-state index contributed by atoms with van der Waals surface area (Å²) in [5.41, 5.74) is 4.79. The highest BCUT2D eigenvalue weighted by atomic mass is 19.4. The van der Waals surface area contributed by atoms with Crippen molar-refractivity contribution in [1.82, 2.24) is 4.90 Å². The zero-order chi connectivity index (χ0) is 16.2. The van der Waals surface area contributed by atoms with Gasteiger partial charge in [-0.15, -0.1) is 0 Å². The molecule has 0 radical (unpaired) electrons. The van der Waals surface area contributed by atoms with Crippen LogP contribution in [-0.4, -0.2) is 30.9 Å². The summed E-state index contributed by atoms with van der Waals surface area (Å²) in [5, 5.41) is 2.52. The van der Waals surface area contributed by atoms with Crippen LogP contribution in [0.25, 0.3) is 0 Å². The van der Waals surface area contributed by atoms with Gasteiger partial charge in [0.2, 0.25) is 5.91 Å². The molecule has 0 fully saturated rings. The lowest BCUT2D eigenvalue weighted by Gasteiger charge is -2.19. The first-order valence-corrected chi connectivity index (χ1v) is 6.54. The number of halogens is 3. The number of carbonyl (C=O) groups is 1. The summed E-state index contributed by atoms with van der Waals surface area (Å²) in [6, 6.07) is 2.87. The van der Waals surface area contributed by atoms with Crippen molar-refractivity contribution in [2.45, 2.75) is 20.0 Å². The maximum absolute atomic E-state index is 12.5. The Hall–Kier alpha value is -1.76. The van der Waals surface area contributed by atoms with Gasteiger partial charge < -0.3 is 11.1 Å². The first-order chi connectivity index (χ1) is 9.59. The molecule has 1 aromatic rings. The molecule has 0 unspecified atom stereocenters. The lowest BCUT2D eigenvalue weighted by atomic mass is 10.1. The Bertz CT molecular complexity index is 501. The van der Waals surface area contributed by atoms with E-state index in [9.17, 15) is 18.0 Å². The Morgan fingerprint density at radius 1 is 1.38 bits per heavy atom. The minimum absolute atomic E-state index is 0.107. The van der Waals surface area contributed by atoms with Gasteiger partial charge in [-0.3, -0.25) is 9.69 Å². The molecule has 0 spiro atoms. The van der Waals surface area contributed by atoms with E-state index in [1.165, 1.54) is 6.07 Å². The average Bonchev–Trinajstić information content (AvgIpc) is 2.28. The first-order valence-electron chi connectivity index (χ1n) is 6.54. The van der Waals surface area contributed by atoms with Crippen LogP contribution in [0.5, 0.6) is 0 Å². The molecule has 4 nitrogen and oxygen atoms in total. The number of anilines is 2. The molecule has 0 heterocycles. The van der Waals surface area contributed by atoms with Gasteiger partial charge >= 0.3 is 6.18 Å². The summed E-state index contributed by atoms with van der Waals surface area (Å²) >= 11 is 0. The quantitative estimate of drug-likeness (QED) is 0.822. The van der Waals surface area contributed by atoms with Crippen LogP contribution in [0.4, 0.5) is 24.5 Å². The highest BCUT2D eigenvalue weighted by Crippen LogP contribution is 2.32. The second-order valence-electron chi connectivity index (χ2n) is 5.44. The lowest BCUT2D eigenvalue weighted by Crippen LogP contribution is -2.32. The lowest BCUT2D eigenvalue weighted by molar-refractivity contribution is -0.137. The largest absolute Gasteiger partial charge is 0.416 e. The van der Waals surface area contributed by atoms with E-state index in [4.69, 9.17) is 5.73 Å². The van der Waals surface area contributed by atoms with Crippen molar-refractivity contribution < 1.29 is 18.0 Å². The highest BCUT2D eigenvalue weighted by Gasteiger charge is 2.30. The van der Waals surface area contributed by atoms with Gasteiger partial charge in [-0.2, -0.15) is 13.2 Å². The van der Waals surface area contributed by atoms with Crippen LogP contribution < -0.4 is 11.1 Å². The van der Waals surface area contributed by atoms with E-state index in [0.29, 0.717) is 5.92 Å². The summed E-state index contributed by atoms with van der Waals surface area (Å²) in [6.45, 7) is 4.96. The molecular weight excluding hydrogens is 283 g/mol. The molecule has 1 rings (SSSR count). The van der Waals surface area contributed by atoms with E-state index in [1.807, 2.05) is 18.7 Å². The number of likely N-dealkylation sites (N-methyl/N-ethyl adjacent to an activating group) is 1. The summed E-state index contributed by atoms with van der Waals surface area (Å²) in [5.74, 6) is 0.101. The predicted molar refractivity (Wildman–Crippen MR) is 76.8 cm³/mol. The van der Waals surface area contributed by atoms with Crippen LogP contribution >= 0.6 is 0 Å². The van der Waals surface area contributed by atoms with Crippen molar-refractivity contribution in [3.8, 4) is 0 Å². The first kappa shape index (κ1) is 17.3. The zero-order valence-corrected chi connectivity index (χ0v) is 12.3. The number of hydrogen-bond acceptors (Lipinski definition) is 3. The van der Waals surface area contributed by atoms with Gasteiger partial charge in [0.25, 0.3) is 0 Å². The van der Waals surface area contributed by atoms with Crippen molar-refractivity contribution in [3.63, 3.8) is 0 Å². The number of nitrogens with one attached hydrogen (secondary N) is 1. The van der Waals surface area contributed by atoms with Crippen LogP contribution in [0.1, 0.15) is 19.4 Å². The molecule has 7 heteroatoms. The van der Waals surface area contributed by atoms with E-state index in [-0.39, 0.29) is 23.8 Å². The zero-order valence-electron chi connectivity index (χ0n) is 12.3. The van der Waals surface area contributed by atoms with Gasteiger partial charge in [0.1, 0.15) is 0 Å². The molecule has 118 valence electrons. The number of hydrogen-bond donors (Lipinski definition) is 2. The standard InChI is InChI=1S/C14H20F3N3O/c1-9(2)7-20(3)8-13(21)19-12-5-4-10(6-11(12)18)14(15,16)17/h4-6,9H,7-8,18H2,1-3H3,(H,19,21). The fraction of sp³-hybridized carbons (Fsp3) is 0.500. The number of benzene rings is 1.